The molecule has 0 saturated heterocycles. The minimum Gasteiger partial charge on any atom is -0.508 e. The normalized spacial score (nSPS) is 16.6. The maximum absolute atomic E-state index is 9.54. The van der Waals surface area contributed by atoms with Gasteiger partial charge in [-0.05, 0) is 43.7 Å². The summed E-state index contributed by atoms with van der Waals surface area (Å²) in [6.07, 6.45) is 0. The summed E-state index contributed by atoms with van der Waals surface area (Å²) in [6, 6.07) is 14.1. The molecule has 104 valence electrons. The van der Waals surface area contributed by atoms with Gasteiger partial charge in [0.15, 0.2) is 0 Å². The number of phenols is 1. The lowest BCUT2D eigenvalue weighted by molar-refractivity contribution is 0.326. The maximum atomic E-state index is 9.54. The molecule has 0 radical (unpaired) electrons. The van der Waals surface area contributed by atoms with E-state index in [1.165, 1.54) is 11.3 Å². The molecule has 0 fully saturated rings. The van der Waals surface area contributed by atoms with Crippen LogP contribution in [0.4, 0.5) is 5.69 Å². The number of rotatable bonds is 3. The van der Waals surface area contributed by atoms with Crippen molar-refractivity contribution in [3.63, 3.8) is 0 Å². The van der Waals surface area contributed by atoms with E-state index in [0.29, 0.717) is 6.61 Å². The van der Waals surface area contributed by atoms with E-state index in [2.05, 4.69) is 43.0 Å². The third kappa shape index (κ3) is 2.20. The Bertz CT molecular complexity index is 624. The van der Waals surface area contributed by atoms with Crippen molar-refractivity contribution in [2.75, 3.05) is 18.1 Å². The van der Waals surface area contributed by atoms with Crippen LogP contribution in [0.5, 0.6) is 11.5 Å². The summed E-state index contributed by atoms with van der Waals surface area (Å²) in [5, 5.41) is 9.54. The highest BCUT2D eigenvalue weighted by atomic mass is 16.5. The van der Waals surface area contributed by atoms with E-state index in [1.54, 1.807) is 12.1 Å². The van der Waals surface area contributed by atoms with E-state index in [9.17, 15) is 5.11 Å². The van der Waals surface area contributed by atoms with Crippen molar-refractivity contribution >= 4 is 5.69 Å². The van der Waals surface area contributed by atoms with Gasteiger partial charge in [0, 0.05) is 23.9 Å². The Morgan fingerprint density at radius 1 is 1.25 bits per heavy atom. The van der Waals surface area contributed by atoms with Gasteiger partial charge in [-0.1, -0.05) is 12.1 Å². The number of fused-ring (bicyclic) bond motifs is 1. The molecule has 2 aromatic carbocycles. The Kier molecular flexibility index (Phi) is 3.26. The third-order valence-corrected chi connectivity index (χ3v) is 3.80. The summed E-state index contributed by atoms with van der Waals surface area (Å²) in [6.45, 7) is 5.80. The Morgan fingerprint density at radius 3 is 2.85 bits per heavy atom. The fraction of sp³-hybridized carbons (Fsp3) is 0.294. The first-order valence-corrected chi connectivity index (χ1v) is 6.98. The van der Waals surface area contributed by atoms with Crippen LogP contribution >= 0.6 is 0 Å². The van der Waals surface area contributed by atoms with E-state index < -0.39 is 0 Å². The first-order valence-electron chi connectivity index (χ1n) is 6.98. The van der Waals surface area contributed by atoms with Gasteiger partial charge in [-0.15, -0.1) is 0 Å². The first kappa shape index (κ1) is 12.9. The monoisotopic (exact) mass is 269 g/mol. The molecule has 1 unspecified atom stereocenters. The number of ether oxygens (including phenoxy) is 1. The number of aromatic hydroxyl groups is 1. The van der Waals surface area contributed by atoms with E-state index in [4.69, 9.17) is 4.74 Å². The summed E-state index contributed by atoms with van der Waals surface area (Å²) < 4.78 is 5.72. The molecule has 0 spiro atoms. The van der Waals surface area contributed by atoms with Crippen molar-refractivity contribution in [3.8, 4) is 11.5 Å². The smallest absolute Gasteiger partial charge is 0.128 e. The summed E-state index contributed by atoms with van der Waals surface area (Å²) in [7, 11) is 0. The summed E-state index contributed by atoms with van der Waals surface area (Å²) in [4.78, 5) is 2.34. The molecule has 1 aliphatic rings. The zero-order chi connectivity index (χ0) is 14.1. The van der Waals surface area contributed by atoms with Crippen LogP contribution in [0, 0.1) is 6.92 Å². The van der Waals surface area contributed by atoms with Crippen molar-refractivity contribution in [2.24, 2.45) is 0 Å². The molecule has 2 aromatic rings. The van der Waals surface area contributed by atoms with Crippen LogP contribution in [0.1, 0.15) is 24.1 Å². The summed E-state index contributed by atoms with van der Waals surface area (Å²) in [5.41, 5.74) is 3.61. The predicted molar refractivity (Wildman–Crippen MR) is 80.5 cm³/mol. The molecule has 0 saturated carbocycles. The number of benzene rings is 2. The Morgan fingerprint density at radius 2 is 2.10 bits per heavy atom. The Labute approximate surface area is 119 Å². The average molecular weight is 269 g/mol. The molecule has 1 heterocycles. The quantitative estimate of drug-likeness (QED) is 0.923. The van der Waals surface area contributed by atoms with Crippen LogP contribution in [0.15, 0.2) is 42.5 Å². The van der Waals surface area contributed by atoms with Gasteiger partial charge >= 0.3 is 0 Å². The second kappa shape index (κ2) is 5.08. The number of nitrogens with zero attached hydrogens (tertiary/aromatic N) is 1. The molecular weight excluding hydrogens is 250 g/mol. The molecule has 0 aliphatic carbocycles. The minimum atomic E-state index is 0.206. The van der Waals surface area contributed by atoms with Crippen molar-refractivity contribution in [1.82, 2.24) is 0 Å². The Hall–Kier alpha value is -2.16. The van der Waals surface area contributed by atoms with Gasteiger partial charge in [0.05, 0.1) is 6.04 Å². The minimum absolute atomic E-state index is 0.206. The molecule has 3 rings (SSSR count). The fourth-order valence-electron chi connectivity index (χ4n) is 2.83. The topological polar surface area (TPSA) is 32.7 Å². The maximum Gasteiger partial charge on any atom is 0.128 e. The van der Waals surface area contributed by atoms with Gasteiger partial charge in [0.1, 0.15) is 18.1 Å². The standard InChI is InChI=1S/C17H19NO2/c1-3-18(13-6-4-5-12(2)9-13)16-11-20-17-10-14(19)7-8-15(16)17/h4-10,16,19H,3,11H2,1-2H3. The van der Waals surface area contributed by atoms with Crippen molar-refractivity contribution in [3.05, 3.63) is 53.6 Å². The third-order valence-electron chi connectivity index (χ3n) is 3.80. The van der Waals surface area contributed by atoms with Gasteiger partial charge < -0.3 is 14.7 Å². The SMILES string of the molecule is CCN(c1cccc(C)c1)C1COc2cc(O)ccc21. The number of likely N-dealkylation sites (N-methyl/N-ethyl adjacent to an activating group) is 1. The molecule has 20 heavy (non-hydrogen) atoms. The van der Waals surface area contributed by atoms with Crippen LogP contribution in [-0.2, 0) is 0 Å². The average Bonchev–Trinajstić information content (AvgIpc) is 2.83. The zero-order valence-corrected chi connectivity index (χ0v) is 11.8. The largest absolute Gasteiger partial charge is 0.508 e. The van der Waals surface area contributed by atoms with Crippen molar-refractivity contribution < 1.29 is 9.84 Å². The van der Waals surface area contributed by atoms with Crippen LogP contribution < -0.4 is 9.64 Å². The van der Waals surface area contributed by atoms with Crippen LogP contribution in [0.2, 0.25) is 0 Å². The van der Waals surface area contributed by atoms with Crippen LogP contribution in [0.3, 0.4) is 0 Å². The lowest BCUT2D eigenvalue weighted by atomic mass is 10.1. The number of hydrogen-bond acceptors (Lipinski definition) is 3. The second-order valence-electron chi connectivity index (χ2n) is 5.17. The number of anilines is 1. The molecular formula is C17H19NO2. The van der Waals surface area contributed by atoms with Gasteiger partial charge in [-0.2, -0.15) is 0 Å². The molecule has 0 bridgehead atoms. The van der Waals surface area contributed by atoms with Crippen molar-refractivity contribution in [1.29, 1.82) is 0 Å². The zero-order valence-electron chi connectivity index (χ0n) is 11.8. The number of hydrogen-bond donors (Lipinski definition) is 1. The van der Waals surface area contributed by atoms with Crippen molar-refractivity contribution in [2.45, 2.75) is 19.9 Å². The van der Waals surface area contributed by atoms with E-state index >= 15 is 0 Å². The first-order chi connectivity index (χ1) is 9.69. The predicted octanol–water partition coefficient (Wildman–Crippen LogP) is 3.66. The second-order valence-corrected chi connectivity index (χ2v) is 5.17. The molecule has 0 amide bonds. The highest BCUT2D eigenvalue weighted by Gasteiger charge is 2.29. The molecule has 1 aliphatic heterocycles. The van der Waals surface area contributed by atoms with E-state index in [-0.39, 0.29) is 11.8 Å². The molecule has 1 atom stereocenters. The van der Waals surface area contributed by atoms with Gasteiger partial charge in [-0.25, -0.2) is 0 Å². The van der Waals surface area contributed by atoms with E-state index in [0.717, 1.165) is 17.9 Å². The molecule has 0 aromatic heterocycles. The highest BCUT2D eigenvalue weighted by molar-refractivity contribution is 5.54. The number of phenolic OH excluding ortho intramolecular Hbond substituents is 1. The fourth-order valence-corrected chi connectivity index (χ4v) is 2.83. The summed E-state index contributed by atoms with van der Waals surface area (Å²) >= 11 is 0. The molecule has 1 N–H and O–H groups in total. The van der Waals surface area contributed by atoms with Gasteiger partial charge in [-0.3, -0.25) is 0 Å². The molecule has 3 heteroatoms. The van der Waals surface area contributed by atoms with Gasteiger partial charge in [0.25, 0.3) is 0 Å². The van der Waals surface area contributed by atoms with Crippen LogP contribution in [-0.4, -0.2) is 18.3 Å². The molecule has 3 nitrogen and oxygen atoms in total. The van der Waals surface area contributed by atoms with E-state index in [1.807, 2.05) is 6.07 Å². The summed E-state index contributed by atoms with van der Waals surface area (Å²) in [5.74, 6) is 1.05. The lowest BCUT2D eigenvalue weighted by Crippen LogP contribution is -2.29. The van der Waals surface area contributed by atoms with Crippen LogP contribution in [0.25, 0.3) is 0 Å². The number of aryl methyl sites for hydroxylation is 1. The lowest BCUT2D eigenvalue weighted by Gasteiger charge is -2.29. The highest BCUT2D eigenvalue weighted by Crippen LogP contribution is 2.39. The Balaban J connectivity index is 1.96. The van der Waals surface area contributed by atoms with Gasteiger partial charge in [0.2, 0.25) is 0 Å².